The summed E-state index contributed by atoms with van der Waals surface area (Å²) in [6.45, 7) is 1.76. The van der Waals surface area contributed by atoms with E-state index in [4.69, 9.17) is 0 Å². The molecule has 2 rings (SSSR count). The van der Waals surface area contributed by atoms with Crippen molar-refractivity contribution in [3.8, 4) is 0 Å². The Balaban J connectivity index is 2.24. The first-order valence-electron chi connectivity index (χ1n) is 5.70. The van der Waals surface area contributed by atoms with Crippen LogP contribution in [0.5, 0.6) is 0 Å². The summed E-state index contributed by atoms with van der Waals surface area (Å²) in [5.41, 5.74) is 2.11. The molecule has 0 fully saturated rings. The number of rotatable bonds is 3. The zero-order valence-electron chi connectivity index (χ0n) is 10.1. The number of carbonyl (C=O) groups is 1. The van der Waals surface area contributed by atoms with Crippen LogP contribution >= 0.6 is 0 Å². The summed E-state index contributed by atoms with van der Waals surface area (Å²) < 4.78 is 12.8. The molecule has 0 aromatic heterocycles. The van der Waals surface area contributed by atoms with Crippen LogP contribution in [0.1, 0.15) is 22.8 Å². The summed E-state index contributed by atoms with van der Waals surface area (Å²) in [5, 5.41) is 0. The third-order valence-electron chi connectivity index (χ3n) is 2.65. The zero-order valence-corrected chi connectivity index (χ0v) is 10.1. The molecular weight excluding hydrogens is 227 g/mol. The minimum Gasteiger partial charge on any atom is -0.289 e. The number of ketones is 1. The highest BCUT2D eigenvalue weighted by atomic mass is 19.1. The highest BCUT2D eigenvalue weighted by molar-refractivity contribution is 6.10. The molecule has 2 aromatic carbocycles. The first kappa shape index (κ1) is 12.2. The molecule has 0 atom stereocenters. The van der Waals surface area contributed by atoms with Crippen LogP contribution in [-0.2, 0) is 0 Å². The second-order valence-corrected chi connectivity index (χ2v) is 4.07. The van der Waals surface area contributed by atoms with Gasteiger partial charge < -0.3 is 0 Å². The van der Waals surface area contributed by atoms with Gasteiger partial charge in [-0.2, -0.15) is 0 Å². The fraction of sp³-hybridized carbons (Fsp3) is 0.0625. The standard InChI is InChI=1S/C16H13FO/c1-12(11-13-5-3-2-4-6-13)16(18)14-7-9-15(17)10-8-14/h2-11H,1H3/b12-11+. The summed E-state index contributed by atoms with van der Waals surface area (Å²) >= 11 is 0. The van der Waals surface area contributed by atoms with Crippen LogP contribution in [0.25, 0.3) is 6.08 Å². The largest absolute Gasteiger partial charge is 0.289 e. The lowest BCUT2D eigenvalue weighted by Crippen LogP contribution is -2.00. The molecule has 0 bridgehead atoms. The van der Waals surface area contributed by atoms with Gasteiger partial charge in [0.1, 0.15) is 5.82 Å². The van der Waals surface area contributed by atoms with Crippen LogP contribution in [0, 0.1) is 5.82 Å². The number of Topliss-reactive ketones (excluding diaryl/α,β-unsaturated/α-hetero) is 1. The van der Waals surface area contributed by atoms with Crippen LogP contribution in [0.15, 0.2) is 60.2 Å². The Labute approximate surface area is 106 Å². The molecule has 0 amide bonds. The minimum absolute atomic E-state index is 0.0844. The Bertz CT molecular complexity index is 568. The molecule has 0 saturated carbocycles. The van der Waals surface area contributed by atoms with E-state index in [0.29, 0.717) is 11.1 Å². The summed E-state index contributed by atoms with van der Waals surface area (Å²) in [6, 6.07) is 15.2. The van der Waals surface area contributed by atoms with Crippen molar-refractivity contribution in [1.82, 2.24) is 0 Å². The van der Waals surface area contributed by atoms with E-state index in [1.165, 1.54) is 24.3 Å². The van der Waals surface area contributed by atoms with Gasteiger partial charge in [0, 0.05) is 5.56 Å². The van der Waals surface area contributed by atoms with Crippen molar-refractivity contribution in [3.05, 3.63) is 77.1 Å². The van der Waals surface area contributed by atoms with Gasteiger partial charge in [0.05, 0.1) is 0 Å². The average Bonchev–Trinajstić information content (AvgIpc) is 2.40. The van der Waals surface area contributed by atoms with E-state index in [0.717, 1.165) is 5.56 Å². The van der Waals surface area contributed by atoms with E-state index < -0.39 is 0 Å². The Hall–Kier alpha value is -2.22. The van der Waals surface area contributed by atoms with E-state index >= 15 is 0 Å². The normalized spacial score (nSPS) is 11.3. The average molecular weight is 240 g/mol. The molecule has 0 heterocycles. The SMILES string of the molecule is C/C(=C\c1ccccc1)C(=O)c1ccc(F)cc1. The van der Waals surface area contributed by atoms with E-state index in [1.807, 2.05) is 36.4 Å². The molecule has 0 aliphatic rings. The van der Waals surface area contributed by atoms with E-state index in [2.05, 4.69) is 0 Å². The fourth-order valence-corrected chi connectivity index (χ4v) is 1.69. The second-order valence-electron chi connectivity index (χ2n) is 4.07. The molecule has 1 nitrogen and oxygen atoms in total. The highest BCUT2D eigenvalue weighted by Crippen LogP contribution is 2.13. The molecule has 0 saturated heterocycles. The maximum absolute atomic E-state index is 12.8. The molecule has 18 heavy (non-hydrogen) atoms. The monoisotopic (exact) mass is 240 g/mol. The van der Waals surface area contributed by atoms with Gasteiger partial charge in [0.25, 0.3) is 0 Å². The molecule has 90 valence electrons. The van der Waals surface area contributed by atoms with Crippen LogP contribution < -0.4 is 0 Å². The van der Waals surface area contributed by atoms with Crippen molar-refractivity contribution in [2.45, 2.75) is 6.92 Å². The first-order valence-corrected chi connectivity index (χ1v) is 5.70. The number of halogens is 1. The minimum atomic E-state index is -0.337. The molecule has 0 aliphatic carbocycles. The third kappa shape index (κ3) is 2.92. The Morgan fingerprint density at radius 2 is 1.61 bits per heavy atom. The van der Waals surface area contributed by atoms with Crippen molar-refractivity contribution < 1.29 is 9.18 Å². The maximum atomic E-state index is 12.8. The Morgan fingerprint density at radius 1 is 1.00 bits per heavy atom. The topological polar surface area (TPSA) is 17.1 Å². The molecule has 0 aliphatic heterocycles. The summed E-state index contributed by atoms with van der Waals surface area (Å²) in [7, 11) is 0. The predicted molar refractivity (Wildman–Crippen MR) is 70.8 cm³/mol. The molecular formula is C16H13FO. The second kappa shape index (κ2) is 5.41. The lowest BCUT2D eigenvalue weighted by atomic mass is 10.0. The first-order chi connectivity index (χ1) is 8.66. The number of carbonyl (C=O) groups excluding carboxylic acids is 1. The van der Waals surface area contributed by atoms with Gasteiger partial charge in [-0.05, 0) is 48.4 Å². The molecule has 2 heteroatoms. The van der Waals surface area contributed by atoms with Crippen molar-refractivity contribution in [2.75, 3.05) is 0 Å². The van der Waals surface area contributed by atoms with Gasteiger partial charge in [0.2, 0.25) is 0 Å². The van der Waals surface area contributed by atoms with Crippen LogP contribution in [0.3, 0.4) is 0 Å². The molecule has 2 aromatic rings. The number of benzene rings is 2. The van der Waals surface area contributed by atoms with Gasteiger partial charge in [-0.3, -0.25) is 4.79 Å². The van der Waals surface area contributed by atoms with Gasteiger partial charge in [-0.15, -0.1) is 0 Å². The Kier molecular flexibility index (Phi) is 3.68. The van der Waals surface area contributed by atoms with E-state index in [9.17, 15) is 9.18 Å². The fourth-order valence-electron chi connectivity index (χ4n) is 1.69. The molecule has 0 radical (unpaired) electrons. The van der Waals surface area contributed by atoms with Crippen molar-refractivity contribution in [1.29, 1.82) is 0 Å². The Morgan fingerprint density at radius 3 is 2.22 bits per heavy atom. The van der Waals surface area contributed by atoms with Gasteiger partial charge in [0.15, 0.2) is 5.78 Å². The maximum Gasteiger partial charge on any atom is 0.188 e. The number of allylic oxidation sites excluding steroid dienone is 1. The lowest BCUT2D eigenvalue weighted by molar-refractivity contribution is 0.103. The zero-order chi connectivity index (χ0) is 13.0. The van der Waals surface area contributed by atoms with Crippen LogP contribution in [0.2, 0.25) is 0 Å². The lowest BCUT2D eigenvalue weighted by Gasteiger charge is -2.01. The third-order valence-corrected chi connectivity index (χ3v) is 2.65. The number of hydrogen-bond donors (Lipinski definition) is 0. The smallest absolute Gasteiger partial charge is 0.188 e. The van der Waals surface area contributed by atoms with Crippen LogP contribution in [0.4, 0.5) is 4.39 Å². The molecule has 0 N–H and O–H groups in total. The van der Waals surface area contributed by atoms with E-state index in [-0.39, 0.29) is 11.6 Å². The highest BCUT2D eigenvalue weighted by Gasteiger charge is 2.07. The van der Waals surface area contributed by atoms with Crippen molar-refractivity contribution in [3.63, 3.8) is 0 Å². The van der Waals surface area contributed by atoms with Crippen LogP contribution in [-0.4, -0.2) is 5.78 Å². The van der Waals surface area contributed by atoms with Gasteiger partial charge in [-0.1, -0.05) is 30.3 Å². The summed E-state index contributed by atoms with van der Waals surface area (Å²) in [6.07, 6.45) is 1.83. The van der Waals surface area contributed by atoms with E-state index in [1.54, 1.807) is 6.92 Å². The quantitative estimate of drug-likeness (QED) is 0.582. The summed E-state index contributed by atoms with van der Waals surface area (Å²) in [5.74, 6) is -0.421. The van der Waals surface area contributed by atoms with Crippen molar-refractivity contribution >= 4 is 11.9 Å². The molecule has 0 unspecified atom stereocenters. The number of hydrogen-bond acceptors (Lipinski definition) is 1. The van der Waals surface area contributed by atoms with Gasteiger partial charge >= 0.3 is 0 Å². The summed E-state index contributed by atoms with van der Waals surface area (Å²) in [4.78, 5) is 12.1. The van der Waals surface area contributed by atoms with Crippen molar-refractivity contribution in [2.24, 2.45) is 0 Å². The predicted octanol–water partition coefficient (Wildman–Crippen LogP) is 4.11. The van der Waals surface area contributed by atoms with Gasteiger partial charge in [-0.25, -0.2) is 4.39 Å². The molecule has 0 spiro atoms.